The molecule has 19 heavy (non-hydrogen) atoms. The van der Waals surface area contributed by atoms with Crippen molar-refractivity contribution in [2.75, 3.05) is 19.8 Å². The molecule has 0 bridgehead atoms. The highest BCUT2D eigenvalue weighted by molar-refractivity contribution is 5.82. The number of carbonyl (C=O) groups excluding carboxylic acids is 1. The zero-order valence-electron chi connectivity index (χ0n) is 11.0. The molecular formula is C11H20F2N2O4. The number of amides is 2. The first-order valence-corrected chi connectivity index (χ1v) is 6.01. The van der Waals surface area contributed by atoms with Crippen molar-refractivity contribution >= 4 is 12.0 Å². The Labute approximate surface area is 110 Å². The molecule has 0 radical (unpaired) electrons. The van der Waals surface area contributed by atoms with Crippen LogP contribution in [0.2, 0.25) is 0 Å². The molecule has 0 unspecified atom stereocenters. The number of carbonyl (C=O) groups is 2. The van der Waals surface area contributed by atoms with E-state index in [0.717, 1.165) is 0 Å². The lowest BCUT2D eigenvalue weighted by Gasteiger charge is -2.20. The highest BCUT2D eigenvalue weighted by atomic mass is 19.3. The Morgan fingerprint density at radius 3 is 2.47 bits per heavy atom. The highest BCUT2D eigenvalue weighted by Gasteiger charge is 2.24. The van der Waals surface area contributed by atoms with Gasteiger partial charge in [-0.25, -0.2) is 18.4 Å². The van der Waals surface area contributed by atoms with E-state index in [1.54, 1.807) is 6.92 Å². The summed E-state index contributed by atoms with van der Waals surface area (Å²) in [6.07, 6.45) is -1.94. The topological polar surface area (TPSA) is 87.7 Å². The summed E-state index contributed by atoms with van der Waals surface area (Å²) in [6.45, 7) is 2.82. The van der Waals surface area contributed by atoms with E-state index in [2.05, 4.69) is 15.4 Å². The first-order valence-electron chi connectivity index (χ1n) is 6.01. The van der Waals surface area contributed by atoms with Crippen molar-refractivity contribution < 1.29 is 28.2 Å². The van der Waals surface area contributed by atoms with E-state index in [1.807, 2.05) is 6.92 Å². The molecule has 112 valence electrons. The molecule has 0 saturated carbocycles. The summed E-state index contributed by atoms with van der Waals surface area (Å²) >= 11 is 0. The molecule has 0 aliphatic carbocycles. The summed E-state index contributed by atoms with van der Waals surface area (Å²) < 4.78 is 28.0. The van der Waals surface area contributed by atoms with E-state index in [0.29, 0.717) is 6.42 Å². The van der Waals surface area contributed by atoms with Gasteiger partial charge in [-0.1, -0.05) is 20.3 Å². The second-order valence-electron chi connectivity index (χ2n) is 4.07. The lowest BCUT2D eigenvalue weighted by molar-refractivity contribution is -0.140. The molecule has 0 fully saturated rings. The molecule has 0 aromatic heterocycles. The molecule has 0 rings (SSSR count). The normalized spacial score (nSPS) is 13.9. The number of urea groups is 1. The van der Waals surface area contributed by atoms with Gasteiger partial charge >= 0.3 is 12.0 Å². The van der Waals surface area contributed by atoms with Crippen LogP contribution in [-0.4, -0.2) is 49.3 Å². The van der Waals surface area contributed by atoms with Gasteiger partial charge in [0.15, 0.2) is 0 Å². The smallest absolute Gasteiger partial charge is 0.326 e. The fraction of sp³-hybridized carbons (Fsp3) is 0.818. The number of carboxylic acid groups (broad SMARTS) is 1. The predicted octanol–water partition coefficient (Wildman–Crippen LogP) is 1.07. The number of hydrogen-bond acceptors (Lipinski definition) is 3. The monoisotopic (exact) mass is 282 g/mol. The predicted molar refractivity (Wildman–Crippen MR) is 64.2 cm³/mol. The maximum atomic E-state index is 11.7. The number of carboxylic acids is 1. The lowest BCUT2D eigenvalue weighted by atomic mass is 9.99. The van der Waals surface area contributed by atoms with Crippen molar-refractivity contribution in [3.8, 4) is 0 Å². The van der Waals surface area contributed by atoms with E-state index in [1.165, 1.54) is 0 Å². The van der Waals surface area contributed by atoms with Gasteiger partial charge in [0, 0.05) is 6.54 Å². The molecule has 0 heterocycles. The fourth-order valence-electron chi connectivity index (χ4n) is 1.28. The number of aliphatic carboxylic acids is 1. The van der Waals surface area contributed by atoms with E-state index in [4.69, 9.17) is 5.11 Å². The van der Waals surface area contributed by atoms with Crippen LogP contribution in [0.1, 0.15) is 20.3 Å². The quantitative estimate of drug-likeness (QED) is 0.552. The molecule has 3 N–H and O–H groups in total. The molecule has 0 aliphatic heterocycles. The average molecular weight is 282 g/mol. The molecule has 0 aliphatic rings. The third kappa shape index (κ3) is 8.30. The molecule has 2 amide bonds. The third-order valence-corrected chi connectivity index (χ3v) is 2.54. The standard InChI is InChI=1S/C11H20F2N2O4/c1-3-7(2)9(10(16)17)15-11(18)14-4-5-19-6-8(12)13/h7-9H,3-6H2,1-2H3,(H,16,17)(H2,14,15,18)/t7-,9-/m0/s1. The second kappa shape index (κ2) is 9.48. The lowest BCUT2D eigenvalue weighted by Crippen LogP contribution is -2.49. The van der Waals surface area contributed by atoms with Crippen LogP contribution in [0.3, 0.4) is 0 Å². The third-order valence-electron chi connectivity index (χ3n) is 2.54. The van der Waals surface area contributed by atoms with E-state index in [-0.39, 0.29) is 19.1 Å². The summed E-state index contributed by atoms with van der Waals surface area (Å²) in [5.41, 5.74) is 0. The number of rotatable bonds is 9. The number of alkyl halides is 2. The van der Waals surface area contributed by atoms with Gasteiger partial charge in [-0.05, 0) is 5.92 Å². The maximum absolute atomic E-state index is 11.7. The summed E-state index contributed by atoms with van der Waals surface area (Å²) in [5, 5.41) is 13.6. The highest BCUT2D eigenvalue weighted by Crippen LogP contribution is 2.07. The van der Waals surface area contributed by atoms with Crippen LogP contribution in [0.5, 0.6) is 0 Å². The minimum atomic E-state index is -2.55. The van der Waals surface area contributed by atoms with Gasteiger partial charge in [0.2, 0.25) is 0 Å². The minimum absolute atomic E-state index is 0.0331. The number of ether oxygens (including phenoxy) is 1. The van der Waals surface area contributed by atoms with Gasteiger partial charge < -0.3 is 20.5 Å². The van der Waals surface area contributed by atoms with Crippen LogP contribution in [0.4, 0.5) is 13.6 Å². The SMILES string of the molecule is CC[C@H](C)[C@H](NC(=O)NCCOCC(F)F)C(=O)O. The van der Waals surface area contributed by atoms with Crippen molar-refractivity contribution in [1.29, 1.82) is 0 Å². The fourth-order valence-corrected chi connectivity index (χ4v) is 1.28. The van der Waals surface area contributed by atoms with Gasteiger partial charge in [-0.2, -0.15) is 0 Å². The first kappa shape index (κ1) is 17.6. The minimum Gasteiger partial charge on any atom is -0.480 e. The molecule has 0 aromatic carbocycles. The van der Waals surface area contributed by atoms with Gasteiger partial charge in [-0.3, -0.25) is 0 Å². The Balaban J connectivity index is 3.91. The second-order valence-corrected chi connectivity index (χ2v) is 4.07. The van der Waals surface area contributed by atoms with Crippen LogP contribution in [0.25, 0.3) is 0 Å². The summed E-state index contributed by atoms with van der Waals surface area (Å²) in [6, 6.07) is -1.64. The summed E-state index contributed by atoms with van der Waals surface area (Å²) in [5.74, 6) is -1.32. The van der Waals surface area contributed by atoms with Crippen molar-refractivity contribution in [3.05, 3.63) is 0 Å². The van der Waals surface area contributed by atoms with E-state index < -0.39 is 31.1 Å². The van der Waals surface area contributed by atoms with E-state index in [9.17, 15) is 18.4 Å². The molecule has 6 nitrogen and oxygen atoms in total. The average Bonchev–Trinajstić information content (AvgIpc) is 2.33. The largest absolute Gasteiger partial charge is 0.480 e. The maximum Gasteiger partial charge on any atom is 0.326 e. The Morgan fingerprint density at radius 2 is 2.00 bits per heavy atom. The van der Waals surface area contributed by atoms with Gasteiger partial charge in [-0.15, -0.1) is 0 Å². The van der Waals surface area contributed by atoms with Gasteiger partial charge in [0.05, 0.1) is 6.61 Å². The molecular weight excluding hydrogens is 262 g/mol. The summed E-state index contributed by atoms with van der Waals surface area (Å²) in [7, 11) is 0. The van der Waals surface area contributed by atoms with Crippen LogP contribution >= 0.6 is 0 Å². The number of halogens is 2. The first-order chi connectivity index (χ1) is 8.88. The van der Waals surface area contributed by atoms with Crippen LogP contribution in [-0.2, 0) is 9.53 Å². The zero-order valence-corrected chi connectivity index (χ0v) is 11.0. The molecule has 0 saturated heterocycles. The van der Waals surface area contributed by atoms with Crippen molar-refractivity contribution in [2.24, 2.45) is 5.92 Å². The molecule has 2 atom stereocenters. The molecule has 0 spiro atoms. The van der Waals surface area contributed by atoms with Crippen LogP contribution in [0.15, 0.2) is 0 Å². The summed E-state index contributed by atoms with van der Waals surface area (Å²) in [4.78, 5) is 22.3. The van der Waals surface area contributed by atoms with Crippen LogP contribution < -0.4 is 10.6 Å². The van der Waals surface area contributed by atoms with E-state index >= 15 is 0 Å². The van der Waals surface area contributed by atoms with Gasteiger partial charge in [0.1, 0.15) is 12.6 Å². The number of hydrogen-bond donors (Lipinski definition) is 3. The Bertz CT molecular complexity index is 290. The molecule has 0 aromatic rings. The van der Waals surface area contributed by atoms with Crippen LogP contribution in [0, 0.1) is 5.92 Å². The Kier molecular flexibility index (Phi) is 8.77. The zero-order chi connectivity index (χ0) is 14.8. The number of nitrogens with one attached hydrogen (secondary N) is 2. The molecule has 8 heteroatoms. The van der Waals surface area contributed by atoms with Gasteiger partial charge in [0.25, 0.3) is 6.43 Å². The Hall–Kier alpha value is -1.44. The van der Waals surface area contributed by atoms with Crippen molar-refractivity contribution in [3.63, 3.8) is 0 Å². The Morgan fingerprint density at radius 1 is 1.37 bits per heavy atom. The van der Waals surface area contributed by atoms with Crippen molar-refractivity contribution in [2.45, 2.75) is 32.7 Å². The van der Waals surface area contributed by atoms with Crippen molar-refractivity contribution in [1.82, 2.24) is 10.6 Å².